The van der Waals surface area contributed by atoms with Crippen LogP contribution >= 0.6 is 11.8 Å². The molecule has 0 saturated carbocycles. The molecular formula is C22H25FN2O2S. The topological polar surface area (TPSA) is 49.4 Å². The van der Waals surface area contributed by atoms with Crippen LogP contribution in [0.15, 0.2) is 48.5 Å². The molecule has 2 aromatic rings. The summed E-state index contributed by atoms with van der Waals surface area (Å²) >= 11 is 1.49. The van der Waals surface area contributed by atoms with E-state index in [1.54, 1.807) is 23.1 Å². The molecule has 0 unspecified atom stereocenters. The maximum absolute atomic E-state index is 13.8. The average molecular weight is 401 g/mol. The molecule has 2 aromatic carbocycles. The van der Waals surface area contributed by atoms with E-state index in [9.17, 15) is 14.0 Å². The molecule has 1 fully saturated rings. The first-order chi connectivity index (χ1) is 13.5. The molecule has 1 aliphatic rings. The summed E-state index contributed by atoms with van der Waals surface area (Å²) in [7, 11) is 0. The van der Waals surface area contributed by atoms with Crippen molar-refractivity contribution in [2.45, 2.75) is 38.1 Å². The molecule has 0 bridgehead atoms. The number of nitrogens with zero attached hydrogens (tertiary/aromatic N) is 1. The summed E-state index contributed by atoms with van der Waals surface area (Å²) in [5, 5.41) is 2.54. The number of amides is 2. The number of aryl methyl sites for hydroxylation is 1. The Bertz CT molecular complexity index is 858. The van der Waals surface area contributed by atoms with E-state index >= 15 is 0 Å². The quantitative estimate of drug-likeness (QED) is 0.735. The minimum Gasteiger partial charge on any atom is -0.354 e. The Balaban J connectivity index is 1.92. The molecule has 1 aliphatic heterocycles. The molecule has 2 amide bonds. The SMILES string of the molecule is CCCCNC(=O)[C@H]1CS[C@@H](c2cccc(F)c2)N1C(=O)c1cccc(C)c1. The molecule has 0 aromatic heterocycles. The van der Waals surface area contributed by atoms with Gasteiger partial charge in [-0.2, -0.15) is 0 Å². The smallest absolute Gasteiger partial charge is 0.255 e. The van der Waals surface area contributed by atoms with E-state index in [0.717, 1.165) is 18.4 Å². The molecule has 28 heavy (non-hydrogen) atoms. The van der Waals surface area contributed by atoms with E-state index in [1.807, 2.05) is 25.1 Å². The minimum absolute atomic E-state index is 0.152. The van der Waals surface area contributed by atoms with Crippen LogP contribution in [0.2, 0.25) is 0 Å². The van der Waals surface area contributed by atoms with Crippen molar-refractivity contribution in [2.24, 2.45) is 0 Å². The number of carbonyl (C=O) groups excluding carboxylic acids is 2. The minimum atomic E-state index is -0.580. The summed E-state index contributed by atoms with van der Waals surface area (Å²) < 4.78 is 13.8. The van der Waals surface area contributed by atoms with E-state index in [0.29, 0.717) is 23.4 Å². The number of halogens is 1. The van der Waals surface area contributed by atoms with Gasteiger partial charge in [-0.25, -0.2) is 4.39 Å². The lowest BCUT2D eigenvalue weighted by atomic mass is 10.1. The van der Waals surface area contributed by atoms with Crippen LogP contribution in [0.1, 0.15) is 46.6 Å². The van der Waals surface area contributed by atoms with Crippen molar-refractivity contribution in [1.29, 1.82) is 0 Å². The molecule has 0 aliphatic carbocycles. The Morgan fingerprint density at radius 2 is 2.00 bits per heavy atom. The fourth-order valence-electron chi connectivity index (χ4n) is 3.31. The number of benzene rings is 2. The number of unbranched alkanes of at least 4 members (excludes halogenated alkanes) is 1. The molecule has 4 nitrogen and oxygen atoms in total. The molecule has 1 N–H and O–H groups in total. The summed E-state index contributed by atoms with van der Waals surface area (Å²) in [6.07, 6.45) is 1.88. The van der Waals surface area contributed by atoms with E-state index < -0.39 is 11.4 Å². The summed E-state index contributed by atoms with van der Waals surface area (Å²) in [5.74, 6) is -0.229. The van der Waals surface area contributed by atoms with Crippen LogP contribution in [-0.4, -0.2) is 35.1 Å². The number of carbonyl (C=O) groups is 2. The second kappa shape index (κ2) is 9.24. The zero-order valence-electron chi connectivity index (χ0n) is 16.2. The Morgan fingerprint density at radius 1 is 1.21 bits per heavy atom. The monoisotopic (exact) mass is 400 g/mol. The number of hydrogen-bond donors (Lipinski definition) is 1. The van der Waals surface area contributed by atoms with Crippen LogP contribution in [0.5, 0.6) is 0 Å². The van der Waals surface area contributed by atoms with Crippen molar-refractivity contribution in [3.8, 4) is 0 Å². The van der Waals surface area contributed by atoms with E-state index in [4.69, 9.17) is 0 Å². The van der Waals surface area contributed by atoms with Gasteiger partial charge in [0.2, 0.25) is 5.91 Å². The van der Waals surface area contributed by atoms with Crippen molar-refractivity contribution in [1.82, 2.24) is 10.2 Å². The molecule has 1 saturated heterocycles. The molecule has 148 valence electrons. The van der Waals surface area contributed by atoms with Crippen molar-refractivity contribution in [2.75, 3.05) is 12.3 Å². The van der Waals surface area contributed by atoms with Gasteiger partial charge in [-0.3, -0.25) is 9.59 Å². The van der Waals surface area contributed by atoms with E-state index in [1.165, 1.54) is 23.9 Å². The number of nitrogens with one attached hydrogen (secondary N) is 1. The van der Waals surface area contributed by atoms with Gasteiger partial charge < -0.3 is 10.2 Å². The van der Waals surface area contributed by atoms with Crippen LogP contribution in [0.4, 0.5) is 4.39 Å². The normalized spacial score (nSPS) is 18.9. The highest BCUT2D eigenvalue weighted by atomic mass is 32.2. The molecule has 2 atom stereocenters. The van der Waals surface area contributed by atoms with Gasteiger partial charge in [0.1, 0.15) is 17.2 Å². The number of rotatable bonds is 6. The first-order valence-electron chi connectivity index (χ1n) is 9.55. The number of hydrogen-bond acceptors (Lipinski definition) is 3. The van der Waals surface area contributed by atoms with Crippen LogP contribution < -0.4 is 5.32 Å². The van der Waals surface area contributed by atoms with Crippen LogP contribution in [-0.2, 0) is 4.79 Å². The standard InChI is InChI=1S/C22H25FN2O2S/c1-3-4-11-24-20(26)19-14-28-22(17-9-6-10-18(23)13-17)25(19)21(27)16-8-5-7-15(2)12-16/h5-10,12-13,19,22H,3-4,11,14H2,1-2H3,(H,24,26)/t19-,22+/m1/s1. The first kappa shape index (κ1) is 20.4. The Hall–Kier alpha value is -2.34. The fourth-order valence-corrected chi connectivity index (χ4v) is 4.73. The van der Waals surface area contributed by atoms with Crippen molar-refractivity contribution >= 4 is 23.6 Å². The third-order valence-corrected chi connectivity index (χ3v) is 6.09. The Morgan fingerprint density at radius 3 is 2.71 bits per heavy atom. The second-order valence-electron chi connectivity index (χ2n) is 6.98. The van der Waals surface area contributed by atoms with Gasteiger partial charge in [-0.1, -0.05) is 43.2 Å². The predicted molar refractivity (Wildman–Crippen MR) is 111 cm³/mol. The van der Waals surface area contributed by atoms with Crippen LogP contribution in [0.25, 0.3) is 0 Å². The number of thioether (sulfide) groups is 1. The van der Waals surface area contributed by atoms with Crippen molar-refractivity contribution in [3.05, 3.63) is 71.0 Å². The molecular weight excluding hydrogens is 375 g/mol. The second-order valence-corrected chi connectivity index (χ2v) is 8.10. The fraction of sp³-hybridized carbons (Fsp3) is 0.364. The molecule has 3 rings (SSSR count). The van der Waals surface area contributed by atoms with Crippen molar-refractivity contribution in [3.63, 3.8) is 0 Å². The first-order valence-corrected chi connectivity index (χ1v) is 10.6. The molecule has 0 radical (unpaired) electrons. The van der Waals surface area contributed by atoms with Gasteiger partial charge >= 0.3 is 0 Å². The Labute approximate surface area is 169 Å². The lowest BCUT2D eigenvalue weighted by molar-refractivity contribution is -0.124. The summed E-state index contributed by atoms with van der Waals surface area (Å²) in [5.41, 5.74) is 2.20. The summed E-state index contributed by atoms with van der Waals surface area (Å²) in [4.78, 5) is 27.7. The van der Waals surface area contributed by atoms with Crippen LogP contribution in [0, 0.1) is 12.7 Å². The summed E-state index contributed by atoms with van der Waals surface area (Å²) in [6, 6.07) is 13.0. The third-order valence-electron chi connectivity index (χ3n) is 4.77. The predicted octanol–water partition coefficient (Wildman–Crippen LogP) is 4.31. The maximum Gasteiger partial charge on any atom is 0.255 e. The zero-order chi connectivity index (χ0) is 20.1. The molecule has 0 spiro atoms. The van der Waals surface area contributed by atoms with Gasteiger partial charge in [-0.15, -0.1) is 11.8 Å². The Kier molecular flexibility index (Phi) is 6.73. The highest BCUT2D eigenvalue weighted by Crippen LogP contribution is 2.42. The van der Waals surface area contributed by atoms with Crippen molar-refractivity contribution < 1.29 is 14.0 Å². The van der Waals surface area contributed by atoms with Gasteiger partial charge in [0.05, 0.1) is 0 Å². The van der Waals surface area contributed by atoms with E-state index in [-0.39, 0.29) is 17.6 Å². The average Bonchev–Trinajstić information content (AvgIpc) is 3.12. The van der Waals surface area contributed by atoms with E-state index in [2.05, 4.69) is 12.2 Å². The zero-order valence-corrected chi connectivity index (χ0v) is 17.0. The van der Waals surface area contributed by atoms with Gasteiger partial charge in [0.15, 0.2) is 0 Å². The highest BCUT2D eigenvalue weighted by molar-refractivity contribution is 7.99. The van der Waals surface area contributed by atoms with Gasteiger partial charge in [0, 0.05) is 17.9 Å². The van der Waals surface area contributed by atoms with Gasteiger partial charge in [0.25, 0.3) is 5.91 Å². The third kappa shape index (κ3) is 4.55. The highest BCUT2D eigenvalue weighted by Gasteiger charge is 2.42. The maximum atomic E-state index is 13.8. The molecule has 6 heteroatoms. The van der Waals surface area contributed by atoms with Gasteiger partial charge in [-0.05, 0) is 43.2 Å². The summed E-state index contributed by atoms with van der Waals surface area (Å²) in [6.45, 7) is 4.58. The van der Waals surface area contributed by atoms with Crippen LogP contribution in [0.3, 0.4) is 0 Å². The molecule has 1 heterocycles. The lowest BCUT2D eigenvalue weighted by Crippen LogP contribution is -2.48. The lowest BCUT2D eigenvalue weighted by Gasteiger charge is -2.29. The largest absolute Gasteiger partial charge is 0.354 e.